The van der Waals surface area contributed by atoms with Crippen molar-refractivity contribution in [3.05, 3.63) is 34.4 Å². The molecule has 0 atom stereocenters. The van der Waals surface area contributed by atoms with Crippen LogP contribution in [0.15, 0.2) is 17.1 Å². The maximum atomic E-state index is 10.4. The third kappa shape index (κ3) is 1.54. The molecule has 1 aliphatic rings. The van der Waals surface area contributed by atoms with Crippen molar-refractivity contribution in [2.45, 2.75) is 32.2 Å². The van der Waals surface area contributed by atoms with Gasteiger partial charge in [0.05, 0.1) is 17.2 Å². The minimum atomic E-state index is -0.384. The zero-order valence-electron chi connectivity index (χ0n) is 9.37. The fourth-order valence-corrected chi connectivity index (χ4v) is 2.12. The fraction of sp³-hybridized carbons (Fsp3) is 0.385. The molecule has 1 aliphatic carbocycles. The number of hydrogen-bond acceptors (Lipinski definition) is 3. The molecule has 16 heavy (non-hydrogen) atoms. The minimum absolute atomic E-state index is 0.384. The first kappa shape index (κ1) is 10.6. The molecule has 80 valence electrons. The predicted octanol–water partition coefficient (Wildman–Crippen LogP) is 2.50. The summed E-state index contributed by atoms with van der Waals surface area (Å²) in [5.41, 5.74) is 3.33. The predicted molar refractivity (Wildman–Crippen MR) is 59.7 cm³/mol. The van der Waals surface area contributed by atoms with E-state index >= 15 is 0 Å². The Labute approximate surface area is 94.4 Å². The number of isocyanates is 1. The molecule has 3 heteroatoms. The lowest BCUT2D eigenvalue weighted by atomic mass is 9.94. The molecule has 0 unspecified atom stereocenters. The zero-order chi connectivity index (χ0) is 11.8. The van der Waals surface area contributed by atoms with Crippen molar-refractivity contribution < 1.29 is 4.79 Å². The van der Waals surface area contributed by atoms with E-state index in [1.54, 1.807) is 6.08 Å². The number of aryl methyl sites for hydroxylation is 2. The molecule has 0 N–H and O–H groups in total. The molecule has 0 saturated heterocycles. The molecule has 0 aromatic heterocycles. The number of carbonyl (C=O) groups excluding carboxylic acids is 1. The second-order valence-corrected chi connectivity index (χ2v) is 4.33. The summed E-state index contributed by atoms with van der Waals surface area (Å²) in [5, 5.41) is 8.99. The van der Waals surface area contributed by atoms with Crippen molar-refractivity contribution in [1.82, 2.24) is 0 Å². The summed E-state index contributed by atoms with van der Waals surface area (Å²) >= 11 is 0. The van der Waals surface area contributed by atoms with Gasteiger partial charge in [-0.25, -0.2) is 4.79 Å². The van der Waals surface area contributed by atoms with Gasteiger partial charge in [0, 0.05) is 0 Å². The zero-order valence-corrected chi connectivity index (χ0v) is 9.37. The highest BCUT2D eigenvalue weighted by atomic mass is 16.1. The molecule has 0 bridgehead atoms. The molecule has 0 heterocycles. The minimum Gasteiger partial charge on any atom is -0.211 e. The normalized spacial score (nSPS) is 16.1. The van der Waals surface area contributed by atoms with E-state index in [2.05, 4.69) is 11.1 Å². The SMILES string of the molecule is Cc1cc(C)c(C2(N=C=O)CC2)cc1C#N. The molecule has 0 aliphatic heterocycles. The standard InChI is InChI=1S/C13H12N2O/c1-9-5-10(2)12(6-11(9)7-14)13(3-4-13)15-8-16/h5-6H,3-4H2,1-2H3. The maximum Gasteiger partial charge on any atom is 0.235 e. The molecular weight excluding hydrogens is 200 g/mol. The number of hydrogen-bond donors (Lipinski definition) is 0. The van der Waals surface area contributed by atoms with E-state index in [9.17, 15) is 4.79 Å². The van der Waals surface area contributed by atoms with Gasteiger partial charge in [-0.1, -0.05) is 6.07 Å². The van der Waals surface area contributed by atoms with Crippen LogP contribution in [0.3, 0.4) is 0 Å². The van der Waals surface area contributed by atoms with Crippen LogP contribution in [0, 0.1) is 25.2 Å². The summed E-state index contributed by atoms with van der Waals surface area (Å²) < 4.78 is 0. The van der Waals surface area contributed by atoms with E-state index in [1.807, 2.05) is 26.0 Å². The lowest BCUT2D eigenvalue weighted by Crippen LogP contribution is -2.06. The van der Waals surface area contributed by atoms with Gasteiger partial charge in [0.15, 0.2) is 0 Å². The molecule has 0 radical (unpaired) electrons. The smallest absolute Gasteiger partial charge is 0.211 e. The van der Waals surface area contributed by atoms with Crippen molar-refractivity contribution in [2.75, 3.05) is 0 Å². The number of rotatable bonds is 2. The lowest BCUT2D eigenvalue weighted by molar-refractivity contribution is 0.556. The van der Waals surface area contributed by atoms with Crippen molar-refractivity contribution in [3.8, 4) is 6.07 Å². The van der Waals surface area contributed by atoms with Gasteiger partial charge in [0.1, 0.15) is 0 Å². The Morgan fingerprint density at radius 3 is 2.50 bits per heavy atom. The second-order valence-electron chi connectivity index (χ2n) is 4.33. The summed E-state index contributed by atoms with van der Waals surface area (Å²) in [4.78, 5) is 14.3. The fourth-order valence-electron chi connectivity index (χ4n) is 2.12. The first-order valence-electron chi connectivity index (χ1n) is 5.24. The van der Waals surface area contributed by atoms with Crippen LogP contribution in [0.1, 0.15) is 35.1 Å². The average molecular weight is 212 g/mol. The van der Waals surface area contributed by atoms with Crippen molar-refractivity contribution in [3.63, 3.8) is 0 Å². The lowest BCUT2D eigenvalue weighted by Gasteiger charge is -2.13. The van der Waals surface area contributed by atoms with Crippen molar-refractivity contribution in [2.24, 2.45) is 4.99 Å². The van der Waals surface area contributed by atoms with Crippen molar-refractivity contribution >= 4 is 6.08 Å². The quantitative estimate of drug-likeness (QED) is 0.558. The van der Waals surface area contributed by atoms with Crippen molar-refractivity contribution in [1.29, 1.82) is 5.26 Å². The van der Waals surface area contributed by atoms with Gasteiger partial charge >= 0.3 is 0 Å². The third-order valence-corrected chi connectivity index (χ3v) is 3.18. The summed E-state index contributed by atoms with van der Waals surface area (Å²) in [7, 11) is 0. The molecule has 0 amide bonds. The van der Waals surface area contributed by atoms with Crippen LogP contribution in [0.25, 0.3) is 0 Å². The molecular formula is C13H12N2O. The van der Waals surface area contributed by atoms with Crippen LogP contribution in [-0.4, -0.2) is 6.08 Å². The van der Waals surface area contributed by atoms with Crippen LogP contribution in [0.2, 0.25) is 0 Å². The number of aliphatic imine (C=N–C) groups is 1. The summed E-state index contributed by atoms with van der Waals surface area (Å²) in [6, 6.07) is 6.00. The van der Waals surface area contributed by atoms with Crippen LogP contribution >= 0.6 is 0 Å². The van der Waals surface area contributed by atoms with Gasteiger partial charge in [0.2, 0.25) is 6.08 Å². The average Bonchev–Trinajstić information content (AvgIpc) is 2.99. The van der Waals surface area contributed by atoms with Gasteiger partial charge in [-0.15, -0.1) is 0 Å². The molecule has 1 aromatic rings. The topological polar surface area (TPSA) is 53.2 Å². The summed E-state index contributed by atoms with van der Waals surface area (Å²) in [5.74, 6) is 0. The Balaban J connectivity index is 2.58. The van der Waals surface area contributed by atoms with Gasteiger partial charge in [-0.2, -0.15) is 10.3 Å². The van der Waals surface area contributed by atoms with Crippen LogP contribution < -0.4 is 0 Å². The Morgan fingerprint density at radius 1 is 1.31 bits per heavy atom. The second kappa shape index (κ2) is 3.59. The third-order valence-electron chi connectivity index (χ3n) is 3.18. The van der Waals surface area contributed by atoms with Gasteiger partial charge < -0.3 is 0 Å². The Hall–Kier alpha value is -1.91. The van der Waals surface area contributed by atoms with Crippen LogP contribution in [-0.2, 0) is 10.3 Å². The number of benzene rings is 1. The van der Waals surface area contributed by atoms with E-state index in [1.165, 1.54) is 0 Å². The molecule has 1 fully saturated rings. The van der Waals surface area contributed by atoms with Gasteiger partial charge in [-0.3, -0.25) is 0 Å². The highest BCUT2D eigenvalue weighted by Crippen LogP contribution is 2.50. The maximum absolute atomic E-state index is 10.4. The number of nitriles is 1. The molecule has 0 spiro atoms. The largest absolute Gasteiger partial charge is 0.235 e. The summed E-state index contributed by atoms with van der Waals surface area (Å²) in [6.45, 7) is 3.90. The van der Waals surface area contributed by atoms with Gasteiger partial charge in [0.25, 0.3) is 0 Å². The van der Waals surface area contributed by atoms with E-state index in [0.29, 0.717) is 5.56 Å². The van der Waals surface area contributed by atoms with Crippen LogP contribution in [0.5, 0.6) is 0 Å². The summed E-state index contributed by atoms with van der Waals surface area (Å²) in [6.07, 6.45) is 3.38. The highest BCUT2D eigenvalue weighted by molar-refractivity contribution is 5.50. The highest BCUT2D eigenvalue weighted by Gasteiger charge is 2.45. The molecule has 2 rings (SSSR count). The first-order chi connectivity index (χ1) is 7.63. The van der Waals surface area contributed by atoms with Gasteiger partial charge in [-0.05, 0) is 49.4 Å². The monoisotopic (exact) mass is 212 g/mol. The first-order valence-corrected chi connectivity index (χ1v) is 5.24. The van der Waals surface area contributed by atoms with E-state index in [-0.39, 0.29) is 5.54 Å². The molecule has 1 aromatic carbocycles. The van der Waals surface area contributed by atoms with Crippen LogP contribution in [0.4, 0.5) is 0 Å². The number of nitrogens with zero attached hydrogens (tertiary/aromatic N) is 2. The van der Waals surface area contributed by atoms with E-state index < -0.39 is 0 Å². The molecule has 3 nitrogen and oxygen atoms in total. The Kier molecular flexibility index (Phi) is 2.38. The molecule has 1 saturated carbocycles. The van der Waals surface area contributed by atoms with E-state index in [0.717, 1.165) is 29.5 Å². The Morgan fingerprint density at radius 2 is 2.00 bits per heavy atom. The van der Waals surface area contributed by atoms with E-state index in [4.69, 9.17) is 5.26 Å². The Bertz CT molecular complexity index is 530.